The van der Waals surface area contributed by atoms with E-state index in [1.165, 1.54) is 42.4 Å². The maximum Gasteiger partial charge on any atom is 0.356 e. The first-order chi connectivity index (χ1) is 14.8. The lowest BCUT2D eigenvalue weighted by molar-refractivity contribution is -0.122. The molecule has 2 amide bonds. The first-order valence-corrected chi connectivity index (χ1v) is 9.97. The number of nitrogens with zero attached hydrogens (tertiary/aromatic N) is 2. The summed E-state index contributed by atoms with van der Waals surface area (Å²) in [5, 5.41) is 12.3. The molecule has 1 aromatic heterocycles. The summed E-state index contributed by atoms with van der Waals surface area (Å²) >= 11 is 12.2. The van der Waals surface area contributed by atoms with Gasteiger partial charge in [0.1, 0.15) is 5.69 Å². The van der Waals surface area contributed by atoms with E-state index in [1.54, 1.807) is 19.1 Å². The number of hydrogen-bond acceptors (Lipinski definition) is 6. The second kappa shape index (κ2) is 11.5. The standard InChI is InChI=1S/C21H21Cl2N3O5/c1-3-31-21(30)16-7-4-13(10-24-16)5-9-18(28)25-11-19(29)26(2)17-8-6-15(22)14(12-27)20(17)23/h4-10,27H,3,11-12H2,1-2H3,(H,25,28)/b9-5+. The van der Waals surface area contributed by atoms with E-state index in [4.69, 9.17) is 27.9 Å². The highest BCUT2D eigenvalue weighted by Crippen LogP contribution is 2.33. The molecule has 2 N–H and O–H groups in total. The molecule has 8 nitrogen and oxygen atoms in total. The zero-order valence-electron chi connectivity index (χ0n) is 16.9. The van der Waals surface area contributed by atoms with Gasteiger partial charge < -0.3 is 20.1 Å². The van der Waals surface area contributed by atoms with Crippen LogP contribution in [-0.2, 0) is 20.9 Å². The number of esters is 1. The maximum atomic E-state index is 12.4. The van der Waals surface area contributed by atoms with Gasteiger partial charge in [-0.2, -0.15) is 0 Å². The first kappa shape index (κ1) is 24.3. The number of carbonyl (C=O) groups is 3. The Morgan fingerprint density at radius 1 is 1.23 bits per heavy atom. The molecule has 31 heavy (non-hydrogen) atoms. The second-order valence-electron chi connectivity index (χ2n) is 6.22. The lowest BCUT2D eigenvalue weighted by atomic mass is 10.2. The molecule has 10 heteroatoms. The van der Waals surface area contributed by atoms with Crippen molar-refractivity contribution in [2.45, 2.75) is 13.5 Å². The number of amides is 2. The quantitative estimate of drug-likeness (QED) is 0.458. The number of halogens is 2. The minimum atomic E-state index is -0.523. The predicted molar refractivity (Wildman–Crippen MR) is 118 cm³/mol. The normalized spacial score (nSPS) is 10.7. The predicted octanol–water partition coefficient (Wildman–Crippen LogP) is 2.85. The Kier molecular flexibility index (Phi) is 8.99. The number of aromatic nitrogens is 1. The van der Waals surface area contributed by atoms with Crippen LogP contribution in [0.15, 0.2) is 36.5 Å². The Bertz CT molecular complexity index is 993. The highest BCUT2D eigenvalue weighted by Gasteiger charge is 2.18. The fourth-order valence-electron chi connectivity index (χ4n) is 2.47. The number of aliphatic hydroxyl groups is 1. The molecule has 1 aromatic carbocycles. The van der Waals surface area contributed by atoms with Crippen molar-refractivity contribution < 1.29 is 24.2 Å². The smallest absolute Gasteiger partial charge is 0.356 e. The third-order valence-electron chi connectivity index (χ3n) is 4.17. The molecule has 1 heterocycles. The summed E-state index contributed by atoms with van der Waals surface area (Å²) in [4.78, 5) is 41.2. The molecule has 0 atom stereocenters. The van der Waals surface area contributed by atoms with E-state index < -0.39 is 17.8 Å². The zero-order valence-corrected chi connectivity index (χ0v) is 18.4. The van der Waals surface area contributed by atoms with Gasteiger partial charge in [-0.15, -0.1) is 0 Å². The van der Waals surface area contributed by atoms with E-state index in [0.29, 0.717) is 21.8 Å². The number of benzene rings is 1. The Labute approximate surface area is 189 Å². The van der Waals surface area contributed by atoms with Crippen molar-refractivity contribution in [1.82, 2.24) is 10.3 Å². The Morgan fingerprint density at radius 2 is 1.97 bits per heavy atom. The molecular weight excluding hydrogens is 445 g/mol. The van der Waals surface area contributed by atoms with Crippen molar-refractivity contribution in [2.75, 3.05) is 25.1 Å². The van der Waals surface area contributed by atoms with Gasteiger partial charge in [-0.25, -0.2) is 9.78 Å². The van der Waals surface area contributed by atoms with Gasteiger partial charge in [0.15, 0.2) is 0 Å². The van der Waals surface area contributed by atoms with Gasteiger partial charge in [-0.05, 0) is 36.8 Å². The molecule has 0 radical (unpaired) electrons. The van der Waals surface area contributed by atoms with Crippen LogP contribution in [0, 0.1) is 0 Å². The lowest BCUT2D eigenvalue weighted by Gasteiger charge is -2.20. The number of rotatable bonds is 8. The van der Waals surface area contributed by atoms with Crippen LogP contribution >= 0.6 is 23.2 Å². The second-order valence-corrected chi connectivity index (χ2v) is 7.00. The van der Waals surface area contributed by atoms with E-state index in [2.05, 4.69) is 10.3 Å². The first-order valence-electron chi connectivity index (χ1n) is 9.21. The largest absolute Gasteiger partial charge is 0.461 e. The molecule has 0 aliphatic rings. The van der Waals surface area contributed by atoms with Crippen LogP contribution in [0.3, 0.4) is 0 Å². The molecule has 0 aliphatic carbocycles. The number of ether oxygens (including phenoxy) is 1. The van der Waals surface area contributed by atoms with Gasteiger partial charge >= 0.3 is 5.97 Å². The molecule has 0 unspecified atom stereocenters. The maximum absolute atomic E-state index is 12.4. The minimum Gasteiger partial charge on any atom is -0.461 e. The van der Waals surface area contributed by atoms with Crippen molar-refractivity contribution >= 4 is 52.7 Å². The fourth-order valence-corrected chi connectivity index (χ4v) is 3.08. The summed E-state index contributed by atoms with van der Waals surface area (Å²) < 4.78 is 4.85. The number of pyridine rings is 1. The average molecular weight is 466 g/mol. The van der Waals surface area contributed by atoms with Crippen LogP contribution in [0.4, 0.5) is 5.69 Å². The molecule has 0 bridgehead atoms. The molecule has 2 aromatic rings. The average Bonchev–Trinajstić information content (AvgIpc) is 2.76. The van der Waals surface area contributed by atoms with Crippen LogP contribution < -0.4 is 10.2 Å². The Balaban J connectivity index is 1.93. The van der Waals surface area contributed by atoms with E-state index in [9.17, 15) is 19.5 Å². The number of likely N-dealkylation sites (N-methyl/N-ethyl adjacent to an activating group) is 1. The van der Waals surface area contributed by atoms with Gasteiger partial charge in [-0.3, -0.25) is 9.59 Å². The Morgan fingerprint density at radius 3 is 2.58 bits per heavy atom. The zero-order chi connectivity index (χ0) is 23.0. The molecule has 0 saturated heterocycles. The van der Waals surface area contributed by atoms with Crippen molar-refractivity contribution in [3.63, 3.8) is 0 Å². The number of nitrogens with one attached hydrogen (secondary N) is 1. The summed E-state index contributed by atoms with van der Waals surface area (Å²) in [5.74, 6) is -1.44. The highest BCUT2D eigenvalue weighted by atomic mass is 35.5. The van der Waals surface area contributed by atoms with E-state index in [-0.39, 0.29) is 30.5 Å². The Hall–Kier alpha value is -2.94. The third kappa shape index (κ3) is 6.52. The van der Waals surface area contributed by atoms with Gasteiger partial charge in [-0.1, -0.05) is 29.3 Å². The molecule has 164 valence electrons. The van der Waals surface area contributed by atoms with Crippen molar-refractivity contribution in [1.29, 1.82) is 0 Å². The molecule has 0 fully saturated rings. The monoisotopic (exact) mass is 465 g/mol. The molecule has 2 rings (SSSR count). The lowest BCUT2D eigenvalue weighted by Crippen LogP contribution is -2.37. The van der Waals surface area contributed by atoms with Crippen LogP contribution in [0.25, 0.3) is 6.08 Å². The summed E-state index contributed by atoms with van der Waals surface area (Å²) in [6.07, 6.45) is 4.17. The topological polar surface area (TPSA) is 109 Å². The minimum absolute atomic E-state index is 0.163. The van der Waals surface area contributed by atoms with Gasteiger partial charge in [0.25, 0.3) is 0 Å². The molecule has 0 aliphatic heterocycles. The van der Waals surface area contributed by atoms with Crippen LogP contribution in [0.2, 0.25) is 10.0 Å². The van der Waals surface area contributed by atoms with Gasteiger partial charge in [0, 0.05) is 29.9 Å². The van der Waals surface area contributed by atoms with Gasteiger partial charge in [0.2, 0.25) is 11.8 Å². The van der Waals surface area contributed by atoms with E-state index in [1.807, 2.05) is 0 Å². The summed E-state index contributed by atoms with van der Waals surface area (Å²) in [6.45, 7) is 1.31. The van der Waals surface area contributed by atoms with Crippen molar-refractivity contribution in [2.24, 2.45) is 0 Å². The SMILES string of the molecule is CCOC(=O)c1ccc(/C=C/C(=O)NCC(=O)N(C)c2ccc(Cl)c(CO)c2Cl)cn1. The third-order valence-corrected chi connectivity index (χ3v) is 4.95. The van der Waals surface area contributed by atoms with E-state index >= 15 is 0 Å². The van der Waals surface area contributed by atoms with Gasteiger partial charge in [0.05, 0.1) is 30.5 Å². The number of anilines is 1. The molecular formula is C21H21Cl2N3O5. The van der Waals surface area contributed by atoms with Crippen LogP contribution in [-0.4, -0.2) is 48.1 Å². The van der Waals surface area contributed by atoms with Crippen LogP contribution in [0.5, 0.6) is 0 Å². The van der Waals surface area contributed by atoms with Crippen molar-refractivity contribution in [3.8, 4) is 0 Å². The summed E-state index contributed by atoms with van der Waals surface area (Å²) in [7, 11) is 1.50. The summed E-state index contributed by atoms with van der Waals surface area (Å²) in [6, 6.07) is 6.19. The number of carbonyl (C=O) groups excluding carboxylic acids is 3. The molecule has 0 spiro atoms. The fraction of sp³-hybridized carbons (Fsp3) is 0.238. The van der Waals surface area contributed by atoms with E-state index in [0.717, 1.165) is 0 Å². The molecule has 0 saturated carbocycles. The van der Waals surface area contributed by atoms with Crippen molar-refractivity contribution in [3.05, 3.63) is 63.4 Å². The highest BCUT2D eigenvalue weighted by molar-refractivity contribution is 6.38. The van der Waals surface area contributed by atoms with Crippen LogP contribution in [0.1, 0.15) is 28.5 Å². The number of aliphatic hydroxyl groups excluding tert-OH is 1. The summed E-state index contributed by atoms with van der Waals surface area (Å²) in [5.41, 5.74) is 1.44. The number of hydrogen-bond donors (Lipinski definition) is 2.